The average molecular weight is 265 g/mol. The Labute approximate surface area is 110 Å². The number of nitrogens with one attached hydrogen (secondary N) is 1. The van der Waals surface area contributed by atoms with Gasteiger partial charge in [0.05, 0.1) is 17.1 Å². The Hall–Kier alpha value is -1.88. The van der Waals surface area contributed by atoms with Crippen molar-refractivity contribution < 1.29 is 4.79 Å². The van der Waals surface area contributed by atoms with E-state index in [1.54, 1.807) is 36.9 Å². The molecule has 0 bridgehead atoms. The van der Waals surface area contributed by atoms with Crippen LogP contribution in [0.2, 0.25) is 5.15 Å². The molecule has 94 valence electrons. The van der Waals surface area contributed by atoms with E-state index in [9.17, 15) is 4.79 Å². The molecule has 0 aliphatic rings. The summed E-state index contributed by atoms with van der Waals surface area (Å²) in [5.41, 5.74) is 2.62. The van der Waals surface area contributed by atoms with E-state index in [2.05, 4.69) is 15.4 Å². The van der Waals surface area contributed by atoms with Crippen molar-refractivity contribution in [2.24, 2.45) is 7.05 Å². The molecule has 2 heterocycles. The highest BCUT2D eigenvalue weighted by atomic mass is 35.5. The van der Waals surface area contributed by atoms with Crippen molar-refractivity contribution in [2.45, 2.75) is 13.8 Å². The first-order valence-corrected chi connectivity index (χ1v) is 5.80. The highest BCUT2D eigenvalue weighted by Crippen LogP contribution is 2.16. The van der Waals surface area contributed by atoms with Crippen LogP contribution in [0.3, 0.4) is 0 Å². The van der Waals surface area contributed by atoms with Crippen LogP contribution in [0.4, 0.5) is 5.69 Å². The van der Waals surface area contributed by atoms with E-state index < -0.39 is 0 Å². The fourth-order valence-corrected chi connectivity index (χ4v) is 1.86. The van der Waals surface area contributed by atoms with Gasteiger partial charge in [-0.3, -0.25) is 9.48 Å². The van der Waals surface area contributed by atoms with Gasteiger partial charge in [0.1, 0.15) is 10.8 Å². The minimum Gasteiger partial charge on any atom is -0.319 e. The number of aromatic nitrogens is 3. The van der Waals surface area contributed by atoms with Gasteiger partial charge < -0.3 is 5.32 Å². The number of amides is 1. The molecule has 0 fully saturated rings. The molecule has 0 unspecified atom stereocenters. The fourth-order valence-electron chi connectivity index (χ4n) is 1.67. The first-order chi connectivity index (χ1) is 8.47. The lowest BCUT2D eigenvalue weighted by molar-refractivity contribution is 0.101. The molecular weight excluding hydrogens is 252 g/mol. The molecule has 6 heteroatoms. The lowest BCUT2D eigenvalue weighted by Gasteiger charge is -2.07. The fraction of sp³-hybridized carbons (Fsp3) is 0.250. The average Bonchev–Trinajstić information content (AvgIpc) is 2.62. The van der Waals surface area contributed by atoms with Gasteiger partial charge in [-0.2, -0.15) is 5.10 Å². The van der Waals surface area contributed by atoms with Crippen LogP contribution in [-0.4, -0.2) is 20.7 Å². The van der Waals surface area contributed by atoms with Crippen LogP contribution < -0.4 is 5.32 Å². The highest BCUT2D eigenvalue weighted by Gasteiger charge is 2.13. The normalized spacial score (nSPS) is 10.4. The van der Waals surface area contributed by atoms with Crippen molar-refractivity contribution in [3.8, 4) is 0 Å². The molecule has 2 rings (SSSR count). The summed E-state index contributed by atoms with van der Waals surface area (Å²) < 4.78 is 1.54. The molecule has 0 aliphatic heterocycles. The van der Waals surface area contributed by atoms with E-state index in [-0.39, 0.29) is 5.91 Å². The molecule has 5 nitrogen and oxygen atoms in total. The minimum atomic E-state index is -0.217. The van der Waals surface area contributed by atoms with Gasteiger partial charge in [0, 0.05) is 7.05 Å². The van der Waals surface area contributed by atoms with E-state index in [1.165, 1.54) is 0 Å². The van der Waals surface area contributed by atoms with Gasteiger partial charge in [0.25, 0.3) is 5.91 Å². The Morgan fingerprint density at radius 2 is 2.11 bits per heavy atom. The van der Waals surface area contributed by atoms with Crippen molar-refractivity contribution in [1.82, 2.24) is 14.8 Å². The number of pyridine rings is 1. The summed E-state index contributed by atoms with van der Waals surface area (Å²) >= 11 is 5.76. The number of nitrogens with zero attached hydrogens (tertiary/aromatic N) is 3. The Balaban J connectivity index is 2.24. The molecule has 0 aliphatic carbocycles. The maximum absolute atomic E-state index is 12.1. The van der Waals surface area contributed by atoms with Crippen LogP contribution in [0.1, 0.15) is 21.9 Å². The molecule has 18 heavy (non-hydrogen) atoms. The minimum absolute atomic E-state index is 0.217. The molecule has 2 aromatic rings. The molecule has 1 N–H and O–H groups in total. The van der Waals surface area contributed by atoms with E-state index in [1.807, 2.05) is 6.92 Å². The van der Waals surface area contributed by atoms with Gasteiger partial charge in [-0.15, -0.1) is 0 Å². The Morgan fingerprint density at radius 3 is 2.67 bits per heavy atom. The lowest BCUT2D eigenvalue weighted by Crippen LogP contribution is -2.16. The molecule has 0 radical (unpaired) electrons. The second-order valence-electron chi connectivity index (χ2n) is 4.02. The highest BCUT2D eigenvalue weighted by molar-refractivity contribution is 6.29. The number of anilines is 1. The Morgan fingerprint density at radius 1 is 1.39 bits per heavy atom. The first-order valence-electron chi connectivity index (χ1n) is 5.42. The Kier molecular flexibility index (Phi) is 3.34. The predicted molar refractivity (Wildman–Crippen MR) is 69.9 cm³/mol. The zero-order valence-electron chi connectivity index (χ0n) is 10.4. The van der Waals surface area contributed by atoms with Crippen molar-refractivity contribution in [3.63, 3.8) is 0 Å². The van der Waals surface area contributed by atoms with Crippen LogP contribution in [0.5, 0.6) is 0 Å². The van der Waals surface area contributed by atoms with Gasteiger partial charge in [-0.25, -0.2) is 4.98 Å². The molecule has 0 aromatic carbocycles. The number of aryl methyl sites for hydroxylation is 3. The molecule has 1 amide bonds. The van der Waals surface area contributed by atoms with Crippen LogP contribution in [-0.2, 0) is 7.05 Å². The number of hydrogen-bond donors (Lipinski definition) is 1. The predicted octanol–water partition coefficient (Wildman–Crippen LogP) is 2.34. The second-order valence-corrected chi connectivity index (χ2v) is 4.40. The molecular formula is C12H13ClN4O. The van der Waals surface area contributed by atoms with Gasteiger partial charge in [-0.1, -0.05) is 11.6 Å². The summed E-state index contributed by atoms with van der Waals surface area (Å²) in [4.78, 5) is 16.1. The molecule has 2 aromatic heterocycles. The second kappa shape index (κ2) is 4.78. The standard InChI is InChI=1S/C12H13ClN4O/c1-7-6-10(17(3)16-7)12(18)15-9-4-5-11(13)14-8(9)2/h4-6H,1-3H3,(H,15,18). The quantitative estimate of drug-likeness (QED) is 0.847. The van der Waals surface area contributed by atoms with Crippen LogP contribution in [0.15, 0.2) is 18.2 Å². The zero-order chi connectivity index (χ0) is 13.3. The van der Waals surface area contributed by atoms with Crippen molar-refractivity contribution >= 4 is 23.2 Å². The molecule has 0 spiro atoms. The first kappa shape index (κ1) is 12.6. The van der Waals surface area contributed by atoms with Crippen molar-refractivity contribution in [2.75, 3.05) is 5.32 Å². The van der Waals surface area contributed by atoms with Crippen molar-refractivity contribution in [1.29, 1.82) is 0 Å². The van der Waals surface area contributed by atoms with E-state index >= 15 is 0 Å². The zero-order valence-corrected chi connectivity index (χ0v) is 11.1. The smallest absolute Gasteiger partial charge is 0.273 e. The third-order valence-corrected chi connectivity index (χ3v) is 2.75. The number of carbonyl (C=O) groups excluding carboxylic acids is 1. The van der Waals surface area contributed by atoms with E-state index in [4.69, 9.17) is 11.6 Å². The number of rotatable bonds is 2. The third kappa shape index (κ3) is 2.51. The van der Waals surface area contributed by atoms with Crippen molar-refractivity contribution in [3.05, 3.63) is 40.4 Å². The molecule has 0 saturated carbocycles. The van der Waals surface area contributed by atoms with Crippen LogP contribution >= 0.6 is 11.6 Å². The third-order valence-electron chi connectivity index (χ3n) is 2.53. The van der Waals surface area contributed by atoms with Crippen LogP contribution in [0.25, 0.3) is 0 Å². The summed E-state index contributed by atoms with van der Waals surface area (Å²) in [6.07, 6.45) is 0. The molecule has 0 saturated heterocycles. The maximum atomic E-state index is 12.1. The summed E-state index contributed by atoms with van der Waals surface area (Å²) in [7, 11) is 1.73. The number of carbonyl (C=O) groups is 1. The monoisotopic (exact) mass is 264 g/mol. The van der Waals surface area contributed by atoms with Crippen LogP contribution in [0, 0.1) is 13.8 Å². The largest absolute Gasteiger partial charge is 0.319 e. The maximum Gasteiger partial charge on any atom is 0.273 e. The topological polar surface area (TPSA) is 59.8 Å². The van der Waals surface area contributed by atoms with Gasteiger partial charge >= 0.3 is 0 Å². The molecule has 0 atom stereocenters. The summed E-state index contributed by atoms with van der Waals surface area (Å²) in [6, 6.07) is 5.10. The Bertz CT molecular complexity index is 606. The summed E-state index contributed by atoms with van der Waals surface area (Å²) in [6.45, 7) is 3.63. The van der Waals surface area contributed by atoms with E-state index in [0.29, 0.717) is 22.2 Å². The van der Waals surface area contributed by atoms with Gasteiger partial charge in [0.15, 0.2) is 0 Å². The van der Waals surface area contributed by atoms with Gasteiger partial charge in [0.2, 0.25) is 0 Å². The SMILES string of the molecule is Cc1cc(C(=O)Nc2ccc(Cl)nc2C)n(C)n1. The van der Waals surface area contributed by atoms with Gasteiger partial charge in [-0.05, 0) is 32.0 Å². The summed E-state index contributed by atoms with van der Waals surface area (Å²) in [5.74, 6) is -0.217. The lowest BCUT2D eigenvalue weighted by atomic mass is 10.3. The summed E-state index contributed by atoms with van der Waals surface area (Å²) in [5, 5.41) is 7.32. The number of hydrogen-bond acceptors (Lipinski definition) is 3. The van der Waals surface area contributed by atoms with E-state index in [0.717, 1.165) is 5.69 Å². The number of halogens is 1.